The predicted molar refractivity (Wildman–Crippen MR) is 86.7 cm³/mol. The number of likely N-dealkylation sites (N-methyl/N-ethyl adjacent to an activating group) is 1. The third-order valence-electron chi connectivity index (χ3n) is 3.11. The van der Waals surface area contributed by atoms with Crippen molar-refractivity contribution in [2.24, 2.45) is 0 Å². The minimum Gasteiger partial charge on any atom is -0.350 e. The zero-order valence-corrected chi connectivity index (χ0v) is 14.4. The van der Waals surface area contributed by atoms with Crippen LogP contribution in [-0.4, -0.2) is 73.5 Å². The molecule has 0 aliphatic carbocycles. The van der Waals surface area contributed by atoms with E-state index in [0.29, 0.717) is 19.5 Å². The van der Waals surface area contributed by atoms with Crippen LogP contribution in [0.15, 0.2) is 0 Å². The van der Waals surface area contributed by atoms with Crippen molar-refractivity contribution in [3.63, 3.8) is 0 Å². The van der Waals surface area contributed by atoms with Gasteiger partial charge in [0.2, 0.25) is 11.8 Å². The van der Waals surface area contributed by atoms with E-state index in [1.165, 1.54) is 0 Å². The summed E-state index contributed by atoms with van der Waals surface area (Å²) in [6.07, 6.45) is 0.472. The van der Waals surface area contributed by atoms with Gasteiger partial charge in [-0.25, -0.2) is 0 Å². The summed E-state index contributed by atoms with van der Waals surface area (Å²) in [6.45, 7) is 10.1. The van der Waals surface area contributed by atoms with Crippen molar-refractivity contribution < 1.29 is 9.59 Å². The third kappa shape index (κ3) is 8.90. The monoisotopic (exact) mass is 320 g/mol. The minimum absolute atomic E-state index is 0. The fourth-order valence-corrected chi connectivity index (χ4v) is 2.14. The Bertz CT molecular complexity index is 338. The molecule has 0 aromatic rings. The van der Waals surface area contributed by atoms with Crippen LogP contribution in [0.5, 0.6) is 0 Å². The second kappa shape index (κ2) is 9.23. The standard InChI is InChI=1S/C14H28N4O2.ClH/c1-14(2,3)16-12(19)11-17(4)8-5-13(20)18-9-6-15-7-10-18;/h15H,5-11H2,1-4H3,(H,16,19);1H. The summed E-state index contributed by atoms with van der Waals surface area (Å²) in [6, 6.07) is 0. The number of amides is 2. The molecular weight excluding hydrogens is 292 g/mol. The van der Waals surface area contributed by atoms with Crippen LogP contribution in [0.25, 0.3) is 0 Å². The second-order valence-corrected chi connectivity index (χ2v) is 6.42. The van der Waals surface area contributed by atoms with Gasteiger partial charge in [-0.1, -0.05) is 0 Å². The van der Waals surface area contributed by atoms with Crippen molar-refractivity contribution in [2.45, 2.75) is 32.7 Å². The number of rotatable bonds is 5. The molecule has 21 heavy (non-hydrogen) atoms. The number of halogens is 1. The van der Waals surface area contributed by atoms with Crippen molar-refractivity contribution >= 4 is 24.2 Å². The van der Waals surface area contributed by atoms with Gasteiger partial charge in [0.15, 0.2) is 0 Å². The highest BCUT2D eigenvalue weighted by atomic mass is 35.5. The van der Waals surface area contributed by atoms with Crippen molar-refractivity contribution in [3.05, 3.63) is 0 Å². The van der Waals surface area contributed by atoms with Gasteiger partial charge in [0.05, 0.1) is 6.54 Å². The first-order valence-electron chi connectivity index (χ1n) is 7.26. The molecule has 1 heterocycles. The Labute approximate surface area is 134 Å². The molecule has 6 nitrogen and oxygen atoms in total. The molecule has 0 aromatic heterocycles. The zero-order chi connectivity index (χ0) is 15.2. The van der Waals surface area contributed by atoms with Gasteiger partial charge >= 0.3 is 0 Å². The summed E-state index contributed by atoms with van der Waals surface area (Å²) >= 11 is 0. The van der Waals surface area contributed by atoms with Crippen LogP contribution in [0.1, 0.15) is 27.2 Å². The summed E-state index contributed by atoms with van der Waals surface area (Å²) in [5.74, 6) is 0.171. The van der Waals surface area contributed by atoms with Gasteiger partial charge < -0.3 is 15.5 Å². The van der Waals surface area contributed by atoms with Crippen LogP contribution in [0.4, 0.5) is 0 Å². The molecule has 2 N–H and O–H groups in total. The molecule has 0 bridgehead atoms. The SMILES string of the molecule is CN(CCC(=O)N1CCNCC1)CC(=O)NC(C)(C)C.Cl. The third-order valence-corrected chi connectivity index (χ3v) is 3.11. The number of piperazine rings is 1. The summed E-state index contributed by atoms with van der Waals surface area (Å²) in [4.78, 5) is 27.5. The Morgan fingerprint density at radius 3 is 2.33 bits per heavy atom. The Kier molecular flexibility index (Phi) is 8.85. The van der Waals surface area contributed by atoms with E-state index in [9.17, 15) is 9.59 Å². The van der Waals surface area contributed by atoms with E-state index >= 15 is 0 Å². The molecule has 0 atom stereocenters. The van der Waals surface area contributed by atoms with E-state index in [1.54, 1.807) is 0 Å². The number of nitrogens with one attached hydrogen (secondary N) is 2. The van der Waals surface area contributed by atoms with E-state index < -0.39 is 0 Å². The first kappa shape index (κ1) is 20.1. The Balaban J connectivity index is 0.00000400. The van der Waals surface area contributed by atoms with Gasteiger partial charge in [0.25, 0.3) is 0 Å². The first-order valence-corrected chi connectivity index (χ1v) is 7.26. The predicted octanol–water partition coefficient (Wildman–Crippen LogP) is 0.0766. The van der Waals surface area contributed by atoms with Crippen molar-refractivity contribution in [1.82, 2.24) is 20.4 Å². The highest BCUT2D eigenvalue weighted by Gasteiger charge is 2.18. The van der Waals surface area contributed by atoms with Crippen molar-refractivity contribution in [2.75, 3.05) is 46.3 Å². The van der Waals surface area contributed by atoms with Gasteiger partial charge in [-0.15, -0.1) is 12.4 Å². The smallest absolute Gasteiger partial charge is 0.234 e. The minimum atomic E-state index is -0.214. The number of nitrogens with zero attached hydrogens (tertiary/aromatic N) is 2. The number of carbonyl (C=O) groups is 2. The van der Waals surface area contributed by atoms with Gasteiger partial charge in [-0.3, -0.25) is 14.5 Å². The molecule has 1 aliphatic rings. The maximum atomic E-state index is 12.0. The molecule has 1 fully saturated rings. The molecule has 124 valence electrons. The molecule has 1 saturated heterocycles. The number of hydrogen-bond acceptors (Lipinski definition) is 4. The largest absolute Gasteiger partial charge is 0.350 e. The summed E-state index contributed by atoms with van der Waals surface area (Å²) in [5.41, 5.74) is -0.214. The summed E-state index contributed by atoms with van der Waals surface area (Å²) in [5, 5.41) is 6.14. The lowest BCUT2D eigenvalue weighted by atomic mass is 10.1. The zero-order valence-electron chi connectivity index (χ0n) is 13.6. The van der Waals surface area contributed by atoms with Crippen molar-refractivity contribution in [1.29, 1.82) is 0 Å². The topological polar surface area (TPSA) is 64.7 Å². The van der Waals surface area contributed by atoms with Crippen LogP contribution < -0.4 is 10.6 Å². The Morgan fingerprint density at radius 2 is 1.81 bits per heavy atom. The van der Waals surface area contributed by atoms with Crippen molar-refractivity contribution in [3.8, 4) is 0 Å². The van der Waals surface area contributed by atoms with Gasteiger partial charge in [-0.2, -0.15) is 0 Å². The number of carbonyl (C=O) groups excluding carboxylic acids is 2. The quantitative estimate of drug-likeness (QED) is 0.753. The number of hydrogen-bond donors (Lipinski definition) is 2. The lowest BCUT2D eigenvalue weighted by molar-refractivity contribution is -0.132. The summed E-state index contributed by atoms with van der Waals surface area (Å²) < 4.78 is 0. The molecule has 1 rings (SSSR count). The molecule has 1 aliphatic heterocycles. The Hall–Kier alpha value is -0.850. The lowest BCUT2D eigenvalue weighted by Crippen LogP contribution is -2.48. The normalized spacial score (nSPS) is 15.6. The average molecular weight is 321 g/mol. The van der Waals surface area contributed by atoms with Gasteiger partial charge in [0, 0.05) is 44.7 Å². The summed E-state index contributed by atoms with van der Waals surface area (Å²) in [7, 11) is 1.87. The molecule has 2 amide bonds. The fraction of sp³-hybridized carbons (Fsp3) is 0.857. The van der Waals surface area contributed by atoms with Crippen LogP contribution in [-0.2, 0) is 9.59 Å². The van der Waals surface area contributed by atoms with Crippen LogP contribution in [0.2, 0.25) is 0 Å². The Morgan fingerprint density at radius 1 is 1.24 bits per heavy atom. The molecule has 0 saturated carbocycles. The van der Waals surface area contributed by atoms with Gasteiger partial charge in [0.1, 0.15) is 0 Å². The molecule has 0 radical (unpaired) electrons. The maximum Gasteiger partial charge on any atom is 0.234 e. The van der Waals surface area contributed by atoms with E-state index in [0.717, 1.165) is 26.2 Å². The molecule has 0 spiro atoms. The van der Waals surface area contributed by atoms with E-state index in [2.05, 4.69) is 10.6 Å². The maximum absolute atomic E-state index is 12.0. The molecule has 0 unspecified atom stereocenters. The van der Waals surface area contributed by atoms with E-state index in [4.69, 9.17) is 0 Å². The van der Waals surface area contributed by atoms with Gasteiger partial charge in [-0.05, 0) is 27.8 Å². The highest BCUT2D eigenvalue weighted by Crippen LogP contribution is 2.00. The molecule has 0 aromatic carbocycles. The lowest BCUT2D eigenvalue weighted by Gasteiger charge is -2.28. The highest BCUT2D eigenvalue weighted by molar-refractivity contribution is 5.85. The van der Waals surface area contributed by atoms with E-state index in [1.807, 2.05) is 37.6 Å². The van der Waals surface area contributed by atoms with Crippen LogP contribution in [0, 0.1) is 0 Å². The van der Waals surface area contributed by atoms with Crippen LogP contribution in [0.3, 0.4) is 0 Å². The molecule has 7 heteroatoms. The molecular formula is C14H29ClN4O2. The average Bonchev–Trinajstić information content (AvgIpc) is 2.34. The fourth-order valence-electron chi connectivity index (χ4n) is 2.14. The first-order chi connectivity index (χ1) is 9.28. The van der Waals surface area contributed by atoms with Crippen LogP contribution >= 0.6 is 12.4 Å². The second-order valence-electron chi connectivity index (χ2n) is 6.42. The van der Waals surface area contributed by atoms with E-state index in [-0.39, 0.29) is 29.8 Å².